The molecule has 0 radical (unpaired) electrons. The topological polar surface area (TPSA) is 49.3 Å². The average molecular weight is 229 g/mol. The fraction of sp³-hybridized carbons (Fsp3) is 0.923. The van der Waals surface area contributed by atoms with E-state index in [1.165, 1.54) is 0 Å². The molecule has 0 saturated heterocycles. The van der Waals surface area contributed by atoms with E-state index >= 15 is 0 Å². The van der Waals surface area contributed by atoms with E-state index in [0.29, 0.717) is 24.4 Å². The van der Waals surface area contributed by atoms with Crippen LogP contribution in [0.1, 0.15) is 47.5 Å². The molecule has 0 aliphatic heterocycles. The summed E-state index contributed by atoms with van der Waals surface area (Å²) in [5.74, 6) is 0.0827. The van der Waals surface area contributed by atoms with Crippen molar-refractivity contribution < 1.29 is 9.90 Å². The van der Waals surface area contributed by atoms with Crippen LogP contribution < -0.4 is 5.32 Å². The summed E-state index contributed by atoms with van der Waals surface area (Å²) < 4.78 is 0. The first-order chi connectivity index (χ1) is 7.38. The van der Waals surface area contributed by atoms with Gasteiger partial charge in [-0.1, -0.05) is 34.1 Å². The van der Waals surface area contributed by atoms with Crippen LogP contribution in [-0.2, 0) is 4.79 Å². The van der Waals surface area contributed by atoms with Crippen molar-refractivity contribution in [1.82, 2.24) is 5.32 Å². The Morgan fingerprint density at radius 2 is 1.81 bits per heavy atom. The number of carbonyl (C=O) groups is 1. The maximum absolute atomic E-state index is 11.0. The summed E-state index contributed by atoms with van der Waals surface area (Å²) in [4.78, 5) is 11.0. The molecule has 0 spiro atoms. The molecule has 0 aromatic heterocycles. The number of hydrogen-bond donors (Lipinski definition) is 2. The molecule has 3 nitrogen and oxygen atoms in total. The summed E-state index contributed by atoms with van der Waals surface area (Å²) in [6.45, 7) is 11.2. The molecule has 0 fully saturated rings. The van der Waals surface area contributed by atoms with Crippen LogP contribution in [0.3, 0.4) is 0 Å². The zero-order chi connectivity index (χ0) is 12.7. The van der Waals surface area contributed by atoms with Crippen LogP contribution in [0.2, 0.25) is 0 Å². The van der Waals surface area contributed by atoms with Gasteiger partial charge in [-0.2, -0.15) is 0 Å². The Morgan fingerprint density at radius 3 is 2.19 bits per heavy atom. The van der Waals surface area contributed by atoms with Gasteiger partial charge in [0.1, 0.15) is 0 Å². The van der Waals surface area contributed by atoms with Crippen LogP contribution in [0.15, 0.2) is 0 Å². The van der Waals surface area contributed by atoms with E-state index in [-0.39, 0.29) is 5.92 Å². The second-order valence-electron chi connectivity index (χ2n) is 5.25. The molecule has 3 atom stereocenters. The van der Waals surface area contributed by atoms with Crippen LogP contribution in [0, 0.1) is 17.8 Å². The standard InChI is InChI=1S/C13H27NO2/c1-6-10(4)11(5)14-8-12(13(15)16)7-9(2)3/h9-12,14H,6-8H2,1-5H3,(H,15,16). The van der Waals surface area contributed by atoms with Crippen molar-refractivity contribution >= 4 is 5.97 Å². The number of nitrogens with one attached hydrogen (secondary N) is 1. The van der Waals surface area contributed by atoms with Gasteiger partial charge >= 0.3 is 5.97 Å². The first kappa shape index (κ1) is 15.4. The highest BCUT2D eigenvalue weighted by Gasteiger charge is 2.20. The summed E-state index contributed by atoms with van der Waals surface area (Å²) in [5, 5.41) is 12.4. The van der Waals surface area contributed by atoms with Crippen LogP contribution in [0.4, 0.5) is 0 Å². The minimum atomic E-state index is -0.683. The maximum atomic E-state index is 11.0. The molecule has 0 amide bonds. The first-order valence-electron chi connectivity index (χ1n) is 6.34. The molecule has 0 bridgehead atoms. The van der Waals surface area contributed by atoms with Crippen LogP contribution in [0.25, 0.3) is 0 Å². The number of carboxylic acid groups (broad SMARTS) is 1. The largest absolute Gasteiger partial charge is 0.481 e. The monoisotopic (exact) mass is 229 g/mol. The van der Waals surface area contributed by atoms with Crippen LogP contribution >= 0.6 is 0 Å². The second kappa shape index (κ2) is 7.66. The lowest BCUT2D eigenvalue weighted by Gasteiger charge is -2.23. The minimum absolute atomic E-state index is 0.258. The molecule has 16 heavy (non-hydrogen) atoms. The third-order valence-corrected chi connectivity index (χ3v) is 3.29. The molecular formula is C13H27NO2. The van der Waals surface area contributed by atoms with E-state index < -0.39 is 5.97 Å². The summed E-state index contributed by atoms with van der Waals surface area (Å²) in [7, 11) is 0. The van der Waals surface area contributed by atoms with E-state index in [2.05, 4.69) is 39.9 Å². The molecule has 0 aliphatic rings. The lowest BCUT2D eigenvalue weighted by Crippen LogP contribution is -2.38. The molecule has 0 heterocycles. The van der Waals surface area contributed by atoms with Crippen molar-refractivity contribution in [2.45, 2.75) is 53.5 Å². The fourth-order valence-corrected chi connectivity index (χ4v) is 1.72. The van der Waals surface area contributed by atoms with Crippen molar-refractivity contribution in [3.8, 4) is 0 Å². The van der Waals surface area contributed by atoms with Crippen molar-refractivity contribution in [1.29, 1.82) is 0 Å². The van der Waals surface area contributed by atoms with Gasteiger partial charge in [-0.25, -0.2) is 0 Å². The van der Waals surface area contributed by atoms with Crippen molar-refractivity contribution in [2.24, 2.45) is 17.8 Å². The molecule has 96 valence electrons. The lowest BCUT2D eigenvalue weighted by atomic mass is 9.95. The van der Waals surface area contributed by atoms with Crippen molar-refractivity contribution in [3.63, 3.8) is 0 Å². The van der Waals surface area contributed by atoms with E-state index in [9.17, 15) is 4.79 Å². The Labute approximate surface area is 99.6 Å². The number of carboxylic acids is 1. The van der Waals surface area contributed by atoms with E-state index in [1.54, 1.807) is 0 Å². The summed E-state index contributed by atoms with van der Waals surface area (Å²) in [6, 6.07) is 0.388. The van der Waals surface area contributed by atoms with Crippen LogP contribution in [0.5, 0.6) is 0 Å². The zero-order valence-electron chi connectivity index (χ0n) is 11.3. The van der Waals surface area contributed by atoms with Gasteiger partial charge in [0.15, 0.2) is 0 Å². The minimum Gasteiger partial charge on any atom is -0.481 e. The van der Waals surface area contributed by atoms with Gasteiger partial charge < -0.3 is 10.4 Å². The van der Waals surface area contributed by atoms with E-state index in [1.807, 2.05) is 0 Å². The summed E-state index contributed by atoms with van der Waals surface area (Å²) in [6.07, 6.45) is 1.87. The first-order valence-corrected chi connectivity index (χ1v) is 6.34. The Morgan fingerprint density at radius 1 is 1.25 bits per heavy atom. The zero-order valence-corrected chi connectivity index (χ0v) is 11.3. The summed E-state index contributed by atoms with van der Waals surface area (Å²) in [5.41, 5.74) is 0. The van der Waals surface area contributed by atoms with Gasteiger partial charge in [-0.15, -0.1) is 0 Å². The normalized spacial score (nSPS) is 17.1. The SMILES string of the molecule is CCC(C)C(C)NCC(CC(C)C)C(=O)O. The Kier molecular flexibility index (Phi) is 7.39. The third-order valence-electron chi connectivity index (χ3n) is 3.29. The van der Waals surface area contributed by atoms with Crippen molar-refractivity contribution in [2.75, 3.05) is 6.54 Å². The number of aliphatic carboxylic acids is 1. The predicted molar refractivity (Wildman–Crippen MR) is 67.5 cm³/mol. The summed E-state index contributed by atoms with van der Waals surface area (Å²) >= 11 is 0. The number of rotatable bonds is 8. The Hall–Kier alpha value is -0.570. The molecule has 3 unspecified atom stereocenters. The van der Waals surface area contributed by atoms with Gasteiger partial charge in [-0.05, 0) is 25.2 Å². The van der Waals surface area contributed by atoms with Gasteiger partial charge in [-0.3, -0.25) is 4.79 Å². The molecule has 0 aromatic carbocycles. The third kappa shape index (κ3) is 6.11. The molecule has 0 aliphatic carbocycles. The highest BCUT2D eigenvalue weighted by Crippen LogP contribution is 2.13. The van der Waals surface area contributed by atoms with E-state index in [0.717, 1.165) is 12.8 Å². The quantitative estimate of drug-likeness (QED) is 0.673. The molecule has 0 aromatic rings. The molecule has 0 saturated carbocycles. The molecule has 0 rings (SSSR count). The van der Waals surface area contributed by atoms with Gasteiger partial charge in [0.2, 0.25) is 0 Å². The Bertz CT molecular complexity index is 204. The highest BCUT2D eigenvalue weighted by atomic mass is 16.4. The van der Waals surface area contributed by atoms with E-state index in [4.69, 9.17) is 5.11 Å². The van der Waals surface area contributed by atoms with Crippen molar-refractivity contribution in [3.05, 3.63) is 0 Å². The smallest absolute Gasteiger partial charge is 0.307 e. The van der Waals surface area contributed by atoms with Gasteiger partial charge in [0, 0.05) is 12.6 Å². The number of hydrogen-bond acceptors (Lipinski definition) is 2. The lowest BCUT2D eigenvalue weighted by molar-refractivity contribution is -0.142. The average Bonchev–Trinajstić information content (AvgIpc) is 2.21. The maximum Gasteiger partial charge on any atom is 0.307 e. The predicted octanol–water partition coefficient (Wildman–Crippen LogP) is 2.76. The Balaban J connectivity index is 4.06. The second-order valence-corrected chi connectivity index (χ2v) is 5.25. The fourth-order valence-electron chi connectivity index (χ4n) is 1.72. The van der Waals surface area contributed by atoms with Gasteiger partial charge in [0.05, 0.1) is 5.92 Å². The molecule has 2 N–H and O–H groups in total. The highest BCUT2D eigenvalue weighted by molar-refractivity contribution is 5.70. The van der Waals surface area contributed by atoms with Gasteiger partial charge in [0.25, 0.3) is 0 Å². The van der Waals surface area contributed by atoms with Crippen LogP contribution in [-0.4, -0.2) is 23.7 Å². The molecular weight excluding hydrogens is 202 g/mol. The molecule has 3 heteroatoms.